The Labute approximate surface area is 220 Å². The lowest BCUT2D eigenvalue weighted by atomic mass is 10.1. The first-order valence-corrected chi connectivity index (χ1v) is 11.5. The number of hydrogen-bond donors (Lipinski definition) is 1. The summed E-state index contributed by atoms with van der Waals surface area (Å²) < 4.78 is 5.58. The van der Waals surface area contributed by atoms with Gasteiger partial charge < -0.3 is 29.9 Å². The molecule has 1 N–H and O–H groups in total. The minimum atomic E-state index is -1.69. The van der Waals surface area contributed by atoms with E-state index in [1.807, 2.05) is 0 Å². The monoisotopic (exact) mass is 520 g/mol. The van der Waals surface area contributed by atoms with Gasteiger partial charge >= 0.3 is 0 Å². The summed E-state index contributed by atoms with van der Waals surface area (Å²) >= 11 is 0. The van der Waals surface area contributed by atoms with E-state index in [1.165, 1.54) is 48.5 Å². The first kappa shape index (κ1) is 24.9. The van der Waals surface area contributed by atoms with Gasteiger partial charge in [-0.15, -0.1) is 0 Å². The summed E-state index contributed by atoms with van der Waals surface area (Å²) in [6.07, 6.45) is 0. The van der Waals surface area contributed by atoms with Crippen LogP contribution in [0.1, 0.15) is 51.8 Å². The van der Waals surface area contributed by atoms with Crippen LogP contribution in [0.25, 0.3) is 0 Å². The largest absolute Gasteiger partial charge is 0.545 e. The first-order chi connectivity index (χ1) is 18.7. The van der Waals surface area contributed by atoms with Gasteiger partial charge in [0.25, 0.3) is 17.7 Å². The fraction of sp³-hybridized carbons (Fsp3) is 0. The van der Waals surface area contributed by atoms with Gasteiger partial charge in [0.2, 0.25) is 0 Å². The number of para-hydroxylation sites is 1. The minimum Gasteiger partial charge on any atom is -0.545 e. The molecule has 10 heteroatoms. The number of benzene rings is 4. The zero-order valence-electron chi connectivity index (χ0n) is 19.9. The maximum absolute atomic E-state index is 12.9. The highest BCUT2D eigenvalue weighted by Crippen LogP contribution is 2.30. The molecule has 4 aromatic carbocycles. The van der Waals surface area contributed by atoms with Gasteiger partial charge in [0, 0.05) is 22.4 Å². The van der Waals surface area contributed by atoms with E-state index >= 15 is 0 Å². The zero-order chi connectivity index (χ0) is 27.7. The standard InChI is InChI=1S/C29H18N2O8/c32-25(16-6-12-21-23(14-16)27(34)31(26(21)33)18-4-2-1-3-5-18)30-17-7-9-19(10-8-17)39-20-11-13-22(28(35)36)24(15-20)29(37)38/h1-15H,(H,30,32)(H,35,36)(H,37,38)/p-2. The van der Waals surface area contributed by atoms with Crippen LogP contribution in [-0.4, -0.2) is 29.7 Å². The van der Waals surface area contributed by atoms with Crippen molar-refractivity contribution in [2.75, 3.05) is 10.2 Å². The number of anilines is 2. The van der Waals surface area contributed by atoms with Crippen LogP contribution in [0.15, 0.2) is 91.0 Å². The molecular weight excluding hydrogens is 504 g/mol. The fourth-order valence-electron chi connectivity index (χ4n) is 4.07. The Morgan fingerprint density at radius 2 is 1.31 bits per heavy atom. The van der Waals surface area contributed by atoms with E-state index in [2.05, 4.69) is 5.32 Å². The van der Waals surface area contributed by atoms with E-state index in [9.17, 15) is 34.2 Å². The Balaban J connectivity index is 1.29. The second-order valence-electron chi connectivity index (χ2n) is 8.40. The number of hydrogen-bond acceptors (Lipinski definition) is 8. The quantitative estimate of drug-likeness (QED) is 0.364. The van der Waals surface area contributed by atoms with Gasteiger partial charge in [0.15, 0.2) is 0 Å². The number of carbonyl (C=O) groups excluding carboxylic acids is 5. The van der Waals surface area contributed by atoms with Crippen molar-refractivity contribution in [3.05, 3.63) is 119 Å². The van der Waals surface area contributed by atoms with Crippen LogP contribution in [0.4, 0.5) is 11.4 Å². The number of aromatic carboxylic acids is 2. The Kier molecular flexibility index (Phi) is 6.35. The molecule has 0 fully saturated rings. The molecular formula is C29H16N2O8-2. The van der Waals surface area contributed by atoms with Crippen molar-refractivity contribution in [2.45, 2.75) is 0 Å². The molecule has 192 valence electrons. The van der Waals surface area contributed by atoms with Crippen LogP contribution in [0.3, 0.4) is 0 Å². The van der Waals surface area contributed by atoms with Crippen molar-refractivity contribution in [3.8, 4) is 11.5 Å². The first-order valence-electron chi connectivity index (χ1n) is 11.5. The van der Waals surface area contributed by atoms with Gasteiger partial charge in [-0.25, -0.2) is 4.90 Å². The van der Waals surface area contributed by atoms with E-state index < -0.39 is 40.8 Å². The molecule has 0 aliphatic carbocycles. The van der Waals surface area contributed by atoms with E-state index in [1.54, 1.807) is 30.3 Å². The van der Waals surface area contributed by atoms with Crippen LogP contribution >= 0.6 is 0 Å². The van der Waals surface area contributed by atoms with E-state index in [0.717, 1.165) is 17.0 Å². The predicted octanol–water partition coefficient (Wildman–Crippen LogP) is 2.26. The molecule has 1 aliphatic heterocycles. The molecule has 3 amide bonds. The molecule has 0 spiro atoms. The van der Waals surface area contributed by atoms with Gasteiger partial charge in [-0.05, 0) is 72.8 Å². The number of carbonyl (C=O) groups is 5. The number of ether oxygens (including phenoxy) is 1. The van der Waals surface area contributed by atoms with Crippen molar-refractivity contribution in [2.24, 2.45) is 0 Å². The summed E-state index contributed by atoms with van der Waals surface area (Å²) in [7, 11) is 0. The molecule has 39 heavy (non-hydrogen) atoms. The van der Waals surface area contributed by atoms with Crippen LogP contribution in [0.5, 0.6) is 11.5 Å². The normalized spacial score (nSPS) is 12.2. The fourth-order valence-corrected chi connectivity index (χ4v) is 4.07. The molecule has 5 rings (SSSR count). The third-order valence-corrected chi connectivity index (χ3v) is 5.94. The number of carboxylic acid groups (broad SMARTS) is 2. The van der Waals surface area contributed by atoms with E-state index in [4.69, 9.17) is 4.74 Å². The van der Waals surface area contributed by atoms with Crippen molar-refractivity contribution in [3.63, 3.8) is 0 Å². The van der Waals surface area contributed by atoms with Crippen LogP contribution in [0.2, 0.25) is 0 Å². The maximum atomic E-state index is 12.9. The Morgan fingerprint density at radius 3 is 1.97 bits per heavy atom. The molecule has 1 heterocycles. The SMILES string of the molecule is O=C(Nc1ccc(Oc2ccc(C(=O)[O-])c(C(=O)[O-])c2)cc1)c1ccc2c(c1)C(=O)N(c1ccccc1)C2=O. The molecule has 10 nitrogen and oxygen atoms in total. The number of nitrogens with zero attached hydrogens (tertiary/aromatic N) is 1. The molecule has 0 aromatic heterocycles. The van der Waals surface area contributed by atoms with E-state index in [-0.39, 0.29) is 28.2 Å². The number of nitrogens with one attached hydrogen (secondary N) is 1. The Hall–Kier alpha value is -5.77. The van der Waals surface area contributed by atoms with Gasteiger partial charge in [-0.3, -0.25) is 14.4 Å². The highest BCUT2D eigenvalue weighted by atomic mass is 16.5. The second kappa shape index (κ2) is 9.94. The Morgan fingerprint density at radius 1 is 0.667 bits per heavy atom. The lowest BCUT2D eigenvalue weighted by Crippen LogP contribution is -2.30. The number of imide groups is 1. The maximum Gasteiger partial charge on any atom is 0.266 e. The topological polar surface area (TPSA) is 156 Å². The molecule has 0 saturated carbocycles. The van der Waals surface area contributed by atoms with Gasteiger partial charge in [0.05, 0.1) is 28.8 Å². The molecule has 0 bridgehead atoms. The van der Waals surface area contributed by atoms with E-state index in [0.29, 0.717) is 11.4 Å². The summed E-state index contributed by atoms with van der Waals surface area (Å²) in [6, 6.07) is 22.1. The summed E-state index contributed by atoms with van der Waals surface area (Å²) in [6.45, 7) is 0. The molecule has 0 radical (unpaired) electrons. The number of amides is 3. The molecule has 0 atom stereocenters. The summed E-state index contributed by atoms with van der Waals surface area (Å²) in [5.41, 5.74) is 0.209. The summed E-state index contributed by atoms with van der Waals surface area (Å²) in [4.78, 5) is 61.9. The van der Waals surface area contributed by atoms with Crippen molar-refractivity contribution >= 4 is 41.0 Å². The third-order valence-electron chi connectivity index (χ3n) is 5.94. The van der Waals surface area contributed by atoms with Gasteiger partial charge in [-0.2, -0.15) is 0 Å². The lowest BCUT2D eigenvalue weighted by molar-refractivity contribution is -0.259. The van der Waals surface area contributed by atoms with Crippen LogP contribution in [-0.2, 0) is 0 Å². The highest BCUT2D eigenvalue weighted by molar-refractivity contribution is 6.34. The zero-order valence-corrected chi connectivity index (χ0v) is 19.9. The Bertz CT molecular complexity index is 1660. The lowest BCUT2D eigenvalue weighted by Gasteiger charge is -2.14. The minimum absolute atomic E-state index is 0.0536. The molecule has 0 unspecified atom stereocenters. The smallest absolute Gasteiger partial charge is 0.266 e. The average Bonchev–Trinajstić information content (AvgIpc) is 3.19. The predicted molar refractivity (Wildman–Crippen MR) is 134 cm³/mol. The van der Waals surface area contributed by atoms with Crippen molar-refractivity contribution in [1.29, 1.82) is 0 Å². The summed E-state index contributed by atoms with van der Waals surface area (Å²) in [5.74, 6) is -4.52. The van der Waals surface area contributed by atoms with Gasteiger partial charge in [-0.1, -0.05) is 18.2 Å². The third kappa shape index (κ3) is 4.81. The number of fused-ring (bicyclic) bond motifs is 1. The highest BCUT2D eigenvalue weighted by Gasteiger charge is 2.37. The van der Waals surface area contributed by atoms with Crippen LogP contribution in [0, 0.1) is 0 Å². The van der Waals surface area contributed by atoms with Crippen molar-refractivity contribution in [1.82, 2.24) is 0 Å². The number of carboxylic acids is 2. The second-order valence-corrected chi connectivity index (χ2v) is 8.40. The molecule has 1 aliphatic rings. The van der Waals surface area contributed by atoms with Gasteiger partial charge in [0.1, 0.15) is 11.5 Å². The summed E-state index contributed by atoms with van der Waals surface area (Å²) in [5, 5.41) is 25.0. The van der Waals surface area contributed by atoms with Crippen LogP contribution < -0.4 is 25.2 Å². The average molecular weight is 520 g/mol. The molecule has 0 saturated heterocycles. The molecule has 4 aromatic rings. The van der Waals surface area contributed by atoms with Crippen molar-refractivity contribution < 1.29 is 38.9 Å². The number of rotatable bonds is 7.